The maximum atomic E-state index is 12.3. The van der Waals surface area contributed by atoms with Gasteiger partial charge in [-0.1, -0.05) is 0 Å². The molecule has 0 aliphatic heterocycles. The number of anilines is 3. The highest BCUT2D eigenvalue weighted by atomic mass is 16.4. The summed E-state index contributed by atoms with van der Waals surface area (Å²) in [6, 6.07) is 4.99. The zero-order valence-corrected chi connectivity index (χ0v) is 19.9. The standard InChI is InChI=1S/C19H20N8O5.C4H4N2/c20-15-14-16(27-19(21)26-15)23-8-11(24-14)7-22-10-3-1-9(2-4-10)17(30)25-12(18(31)32)5-6-13(28)29;1-2-6-4-3-5-1/h1-4,8,12,22H,5-7H2,(H,25,30)(H,28,29)(H,31,32)(H4,20,21,23,26,27);1-4H. The van der Waals surface area contributed by atoms with Crippen molar-refractivity contribution in [2.24, 2.45) is 0 Å². The van der Waals surface area contributed by atoms with Crippen LogP contribution in [0.4, 0.5) is 17.5 Å². The molecule has 4 aromatic rings. The molecule has 1 atom stereocenters. The van der Waals surface area contributed by atoms with Gasteiger partial charge in [-0.2, -0.15) is 9.97 Å². The molecular formula is C23H24N10O5. The molecule has 38 heavy (non-hydrogen) atoms. The quantitative estimate of drug-likeness (QED) is 0.178. The van der Waals surface area contributed by atoms with Gasteiger partial charge >= 0.3 is 11.9 Å². The van der Waals surface area contributed by atoms with Crippen molar-refractivity contribution < 1.29 is 24.6 Å². The van der Waals surface area contributed by atoms with E-state index in [0.717, 1.165) is 0 Å². The lowest BCUT2D eigenvalue weighted by Crippen LogP contribution is -2.41. The Morgan fingerprint density at radius 3 is 2.16 bits per heavy atom. The van der Waals surface area contributed by atoms with E-state index in [4.69, 9.17) is 21.7 Å². The fourth-order valence-electron chi connectivity index (χ4n) is 3.02. The van der Waals surface area contributed by atoms with Crippen LogP contribution in [0.2, 0.25) is 0 Å². The van der Waals surface area contributed by atoms with Crippen LogP contribution in [0.3, 0.4) is 0 Å². The second-order valence-corrected chi connectivity index (χ2v) is 7.62. The minimum atomic E-state index is -1.30. The van der Waals surface area contributed by atoms with Crippen molar-refractivity contribution in [1.82, 2.24) is 35.2 Å². The molecule has 0 aliphatic rings. The van der Waals surface area contributed by atoms with Gasteiger partial charge in [-0.15, -0.1) is 0 Å². The minimum Gasteiger partial charge on any atom is -0.481 e. The molecule has 4 rings (SSSR count). The van der Waals surface area contributed by atoms with Gasteiger partial charge in [0.25, 0.3) is 5.91 Å². The number of carbonyl (C=O) groups excluding carboxylic acids is 1. The third kappa shape index (κ3) is 8.04. The molecule has 0 fully saturated rings. The molecule has 0 radical (unpaired) electrons. The number of rotatable bonds is 9. The van der Waals surface area contributed by atoms with Crippen LogP contribution in [0.5, 0.6) is 0 Å². The SMILES string of the molecule is Nc1nc(N)c2nc(CNc3ccc(C(=O)NC(CCC(=O)O)C(=O)O)cc3)cnc2n1.c1cnccn1. The molecule has 15 nitrogen and oxygen atoms in total. The maximum Gasteiger partial charge on any atom is 0.326 e. The van der Waals surface area contributed by atoms with Crippen molar-refractivity contribution in [3.63, 3.8) is 0 Å². The number of hydrogen-bond acceptors (Lipinski definition) is 12. The predicted molar refractivity (Wildman–Crippen MR) is 136 cm³/mol. The first-order valence-electron chi connectivity index (χ1n) is 11.1. The van der Waals surface area contributed by atoms with Crippen LogP contribution < -0.4 is 22.1 Å². The second-order valence-electron chi connectivity index (χ2n) is 7.62. The van der Waals surface area contributed by atoms with Crippen LogP contribution in [0, 0.1) is 0 Å². The Bertz CT molecular complexity index is 1380. The van der Waals surface area contributed by atoms with Crippen molar-refractivity contribution in [3.05, 3.63) is 66.5 Å². The number of nitrogen functional groups attached to an aromatic ring is 2. The number of carboxylic acid groups (broad SMARTS) is 2. The van der Waals surface area contributed by atoms with Gasteiger partial charge in [0.1, 0.15) is 6.04 Å². The molecule has 8 N–H and O–H groups in total. The van der Waals surface area contributed by atoms with E-state index in [1.165, 1.54) is 18.3 Å². The predicted octanol–water partition coefficient (Wildman–Crippen LogP) is 0.721. The van der Waals surface area contributed by atoms with E-state index >= 15 is 0 Å². The van der Waals surface area contributed by atoms with E-state index in [1.54, 1.807) is 36.9 Å². The van der Waals surface area contributed by atoms with Crippen molar-refractivity contribution in [2.75, 3.05) is 16.8 Å². The molecule has 0 saturated carbocycles. The average molecular weight is 521 g/mol. The molecule has 1 aromatic carbocycles. The largest absolute Gasteiger partial charge is 0.481 e. The number of carboxylic acids is 2. The van der Waals surface area contributed by atoms with Crippen LogP contribution in [-0.4, -0.2) is 64.0 Å². The van der Waals surface area contributed by atoms with Crippen molar-refractivity contribution in [1.29, 1.82) is 0 Å². The molecule has 3 heterocycles. The Hall–Kier alpha value is -5.47. The monoisotopic (exact) mass is 520 g/mol. The zero-order chi connectivity index (χ0) is 27.5. The van der Waals surface area contributed by atoms with Crippen molar-refractivity contribution in [2.45, 2.75) is 25.4 Å². The average Bonchev–Trinajstić information content (AvgIpc) is 2.91. The summed E-state index contributed by atoms with van der Waals surface area (Å²) in [4.78, 5) is 57.9. The summed E-state index contributed by atoms with van der Waals surface area (Å²) in [6.45, 7) is 0.300. The minimum absolute atomic E-state index is 0.0101. The van der Waals surface area contributed by atoms with Crippen LogP contribution in [0.1, 0.15) is 28.9 Å². The molecule has 0 bridgehead atoms. The summed E-state index contributed by atoms with van der Waals surface area (Å²) < 4.78 is 0. The summed E-state index contributed by atoms with van der Waals surface area (Å²) in [5, 5.41) is 23.3. The first kappa shape index (κ1) is 27.1. The number of nitrogens with one attached hydrogen (secondary N) is 2. The number of nitrogens with two attached hydrogens (primary N) is 2. The first-order chi connectivity index (χ1) is 18.2. The van der Waals surface area contributed by atoms with Gasteiger partial charge in [-0.3, -0.25) is 19.6 Å². The Labute approximate surface area is 215 Å². The number of aromatic nitrogens is 6. The fraction of sp³-hybridized carbons (Fsp3) is 0.174. The van der Waals surface area contributed by atoms with E-state index < -0.39 is 23.9 Å². The summed E-state index contributed by atoms with van der Waals surface area (Å²) in [5.41, 5.74) is 13.4. The Morgan fingerprint density at radius 1 is 0.921 bits per heavy atom. The summed E-state index contributed by atoms with van der Waals surface area (Å²) >= 11 is 0. The lowest BCUT2D eigenvalue weighted by Gasteiger charge is -2.14. The number of hydrogen-bond donors (Lipinski definition) is 6. The molecule has 0 saturated heterocycles. The van der Waals surface area contributed by atoms with E-state index in [1.807, 2.05) is 0 Å². The van der Waals surface area contributed by atoms with Crippen LogP contribution in [0.15, 0.2) is 55.2 Å². The molecular weight excluding hydrogens is 496 g/mol. The van der Waals surface area contributed by atoms with Crippen LogP contribution in [-0.2, 0) is 16.1 Å². The summed E-state index contributed by atoms with van der Waals surface area (Å²) in [6.07, 6.45) is 7.49. The van der Waals surface area contributed by atoms with Gasteiger partial charge in [0.2, 0.25) is 5.95 Å². The maximum absolute atomic E-state index is 12.3. The van der Waals surface area contributed by atoms with Crippen LogP contribution in [0.25, 0.3) is 11.2 Å². The molecule has 15 heteroatoms. The normalized spacial score (nSPS) is 11.1. The number of nitrogens with zero attached hydrogens (tertiary/aromatic N) is 6. The number of aliphatic carboxylic acids is 2. The van der Waals surface area contributed by atoms with Gasteiger partial charge < -0.3 is 32.3 Å². The number of fused-ring (bicyclic) bond motifs is 1. The van der Waals surface area contributed by atoms with Gasteiger partial charge in [0.05, 0.1) is 18.4 Å². The summed E-state index contributed by atoms with van der Waals surface area (Å²) in [5.74, 6) is -2.93. The summed E-state index contributed by atoms with van der Waals surface area (Å²) in [7, 11) is 0. The molecule has 3 aromatic heterocycles. The third-order valence-corrected chi connectivity index (χ3v) is 4.85. The van der Waals surface area contributed by atoms with E-state index in [9.17, 15) is 14.4 Å². The molecule has 1 unspecified atom stereocenters. The van der Waals surface area contributed by atoms with E-state index in [2.05, 4.69) is 40.5 Å². The van der Waals surface area contributed by atoms with Gasteiger partial charge in [0.15, 0.2) is 17.0 Å². The highest BCUT2D eigenvalue weighted by Crippen LogP contribution is 2.16. The number of carbonyl (C=O) groups is 3. The topological polar surface area (TPSA) is 245 Å². The molecule has 1 amide bonds. The highest BCUT2D eigenvalue weighted by Gasteiger charge is 2.21. The van der Waals surface area contributed by atoms with Crippen molar-refractivity contribution >= 4 is 46.5 Å². The molecule has 0 spiro atoms. The lowest BCUT2D eigenvalue weighted by molar-refractivity contribution is -0.140. The van der Waals surface area contributed by atoms with E-state index in [0.29, 0.717) is 23.4 Å². The first-order valence-corrected chi connectivity index (χ1v) is 11.1. The lowest BCUT2D eigenvalue weighted by atomic mass is 10.1. The third-order valence-electron chi connectivity index (χ3n) is 4.85. The Morgan fingerprint density at radius 2 is 1.58 bits per heavy atom. The Kier molecular flexibility index (Phi) is 9.29. The molecule has 196 valence electrons. The van der Waals surface area contributed by atoms with Gasteiger partial charge in [0, 0.05) is 42.5 Å². The highest BCUT2D eigenvalue weighted by molar-refractivity contribution is 5.97. The fourth-order valence-corrected chi connectivity index (χ4v) is 3.02. The van der Waals surface area contributed by atoms with Crippen LogP contribution >= 0.6 is 0 Å². The zero-order valence-electron chi connectivity index (χ0n) is 19.9. The van der Waals surface area contributed by atoms with Gasteiger partial charge in [-0.25, -0.2) is 14.8 Å². The smallest absolute Gasteiger partial charge is 0.326 e. The second kappa shape index (κ2) is 13.0. The van der Waals surface area contributed by atoms with Crippen molar-refractivity contribution in [3.8, 4) is 0 Å². The Balaban J connectivity index is 0.000000585. The number of amides is 1. The molecule has 0 aliphatic carbocycles. The van der Waals surface area contributed by atoms with E-state index in [-0.39, 0.29) is 35.8 Å². The van der Waals surface area contributed by atoms with Gasteiger partial charge in [-0.05, 0) is 30.7 Å². The number of benzene rings is 1.